The highest BCUT2D eigenvalue weighted by Gasteiger charge is 2.29. The van der Waals surface area contributed by atoms with Crippen molar-refractivity contribution >= 4 is 0 Å². The zero-order valence-corrected chi connectivity index (χ0v) is 14.3. The van der Waals surface area contributed by atoms with Gasteiger partial charge in [-0.2, -0.15) is 9.97 Å². The molecular weight excluding hydrogens is 320 g/mol. The minimum Gasteiger partial charge on any atom is -0.340 e. The van der Waals surface area contributed by atoms with E-state index in [1.165, 1.54) is 0 Å². The van der Waals surface area contributed by atoms with Crippen LogP contribution in [0.1, 0.15) is 49.3 Å². The highest BCUT2D eigenvalue weighted by atomic mass is 16.5. The summed E-state index contributed by atoms with van der Waals surface area (Å²) in [5.74, 6) is 3.01. The third-order valence-corrected chi connectivity index (χ3v) is 4.70. The van der Waals surface area contributed by atoms with Crippen molar-refractivity contribution < 1.29 is 9.05 Å². The number of aromatic nitrogens is 5. The van der Waals surface area contributed by atoms with E-state index in [0.29, 0.717) is 23.5 Å². The summed E-state index contributed by atoms with van der Waals surface area (Å²) in [6, 6.07) is 3.86. The summed E-state index contributed by atoms with van der Waals surface area (Å²) in [4.78, 5) is 15.3. The molecule has 130 valence electrons. The predicted molar refractivity (Wildman–Crippen MR) is 88.5 cm³/mol. The van der Waals surface area contributed by atoms with Gasteiger partial charge in [0, 0.05) is 30.8 Å². The maximum atomic E-state index is 5.48. The van der Waals surface area contributed by atoms with Gasteiger partial charge in [0.15, 0.2) is 5.82 Å². The number of aryl methyl sites for hydroxylation is 1. The summed E-state index contributed by atoms with van der Waals surface area (Å²) in [5, 5.41) is 8.14. The normalized spacial score (nSPS) is 17.7. The molecule has 0 saturated carbocycles. The van der Waals surface area contributed by atoms with Crippen LogP contribution in [0.25, 0.3) is 11.4 Å². The van der Waals surface area contributed by atoms with Crippen LogP contribution in [-0.2, 0) is 0 Å². The molecule has 0 spiro atoms. The fourth-order valence-electron chi connectivity index (χ4n) is 3.20. The van der Waals surface area contributed by atoms with Crippen molar-refractivity contribution in [2.24, 2.45) is 0 Å². The lowest BCUT2D eigenvalue weighted by molar-refractivity contribution is 0.134. The lowest BCUT2D eigenvalue weighted by Gasteiger charge is -2.33. The van der Waals surface area contributed by atoms with Crippen LogP contribution in [0, 0.1) is 6.92 Å². The molecule has 0 aliphatic carbocycles. The third-order valence-electron chi connectivity index (χ3n) is 4.70. The molecular formula is C17H20N6O2. The zero-order valence-electron chi connectivity index (χ0n) is 14.3. The maximum Gasteiger partial charge on any atom is 0.244 e. The van der Waals surface area contributed by atoms with Crippen LogP contribution in [0.15, 0.2) is 33.6 Å². The summed E-state index contributed by atoms with van der Waals surface area (Å²) < 4.78 is 10.6. The summed E-state index contributed by atoms with van der Waals surface area (Å²) in [6.45, 7) is 5.79. The van der Waals surface area contributed by atoms with E-state index >= 15 is 0 Å². The second-order valence-corrected chi connectivity index (χ2v) is 6.36. The SMILES string of the molecule is Cc1nc(C2CCN([C@H](C)c3nc(-c4cccnc4)no3)CC2)no1. The second kappa shape index (κ2) is 6.72. The van der Waals surface area contributed by atoms with Crippen LogP contribution in [0.4, 0.5) is 0 Å². The van der Waals surface area contributed by atoms with Crippen molar-refractivity contribution in [3.63, 3.8) is 0 Å². The number of pyridine rings is 1. The smallest absolute Gasteiger partial charge is 0.244 e. The Balaban J connectivity index is 1.41. The third kappa shape index (κ3) is 3.30. The number of hydrogen-bond acceptors (Lipinski definition) is 8. The summed E-state index contributed by atoms with van der Waals surface area (Å²) in [7, 11) is 0. The van der Waals surface area contributed by atoms with Gasteiger partial charge in [0.2, 0.25) is 17.6 Å². The lowest BCUT2D eigenvalue weighted by Crippen LogP contribution is -2.35. The van der Waals surface area contributed by atoms with Crippen molar-refractivity contribution in [3.8, 4) is 11.4 Å². The number of nitrogens with zero attached hydrogens (tertiary/aromatic N) is 6. The number of hydrogen-bond donors (Lipinski definition) is 0. The molecule has 1 fully saturated rings. The molecule has 3 aromatic heterocycles. The van der Waals surface area contributed by atoms with Crippen LogP contribution >= 0.6 is 0 Å². The van der Waals surface area contributed by atoms with Gasteiger partial charge in [-0.25, -0.2) is 0 Å². The molecule has 8 nitrogen and oxygen atoms in total. The van der Waals surface area contributed by atoms with E-state index in [9.17, 15) is 0 Å². The van der Waals surface area contributed by atoms with Gasteiger partial charge >= 0.3 is 0 Å². The Morgan fingerprint density at radius 1 is 1.16 bits per heavy atom. The minimum atomic E-state index is 0.0749. The molecule has 0 bridgehead atoms. The molecule has 1 aliphatic rings. The fraction of sp³-hybridized carbons (Fsp3) is 0.471. The van der Waals surface area contributed by atoms with Gasteiger partial charge < -0.3 is 9.05 Å². The van der Waals surface area contributed by atoms with E-state index in [-0.39, 0.29) is 6.04 Å². The van der Waals surface area contributed by atoms with E-state index in [1.807, 2.05) is 19.1 Å². The van der Waals surface area contributed by atoms with Crippen molar-refractivity contribution in [2.45, 2.75) is 38.6 Å². The second-order valence-electron chi connectivity index (χ2n) is 6.36. The van der Waals surface area contributed by atoms with Crippen LogP contribution < -0.4 is 0 Å². The standard InChI is InChI=1S/C17H20N6O2/c1-11(17-20-16(22-25-17)14-4-3-7-18-10-14)23-8-5-13(6-9-23)15-19-12(2)24-21-15/h3-4,7,10-11,13H,5-6,8-9H2,1-2H3/t11-/m1/s1. The van der Waals surface area contributed by atoms with E-state index in [2.05, 4.69) is 37.1 Å². The first-order valence-electron chi connectivity index (χ1n) is 8.49. The van der Waals surface area contributed by atoms with Crippen molar-refractivity contribution in [1.82, 2.24) is 30.2 Å². The van der Waals surface area contributed by atoms with Crippen molar-refractivity contribution in [1.29, 1.82) is 0 Å². The Labute approximate surface area is 145 Å². The fourth-order valence-corrected chi connectivity index (χ4v) is 3.20. The Kier molecular flexibility index (Phi) is 4.27. The van der Waals surface area contributed by atoms with E-state index in [4.69, 9.17) is 9.05 Å². The molecule has 0 unspecified atom stereocenters. The maximum absolute atomic E-state index is 5.48. The summed E-state index contributed by atoms with van der Waals surface area (Å²) in [5.41, 5.74) is 0.857. The number of piperidine rings is 1. The first-order chi connectivity index (χ1) is 12.2. The van der Waals surface area contributed by atoms with Crippen LogP contribution in [0.3, 0.4) is 0 Å². The average molecular weight is 340 g/mol. The number of likely N-dealkylation sites (tertiary alicyclic amines) is 1. The van der Waals surface area contributed by atoms with E-state index < -0.39 is 0 Å². The van der Waals surface area contributed by atoms with Gasteiger partial charge in [0.1, 0.15) is 0 Å². The Morgan fingerprint density at radius 3 is 2.68 bits per heavy atom. The highest BCUT2D eigenvalue weighted by Crippen LogP contribution is 2.31. The lowest BCUT2D eigenvalue weighted by atomic mass is 9.95. The quantitative estimate of drug-likeness (QED) is 0.715. The van der Waals surface area contributed by atoms with Gasteiger partial charge in [-0.1, -0.05) is 10.3 Å². The molecule has 3 aromatic rings. The molecule has 0 aromatic carbocycles. The van der Waals surface area contributed by atoms with Gasteiger partial charge in [-0.05, 0) is 45.0 Å². The van der Waals surface area contributed by atoms with Crippen LogP contribution in [0.5, 0.6) is 0 Å². The summed E-state index contributed by atoms with van der Waals surface area (Å²) in [6.07, 6.45) is 5.44. The predicted octanol–water partition coefficient (Wildman–Crippen LogP) is 2.76. The summed E-state index contributed by atoms with van der Waals surface area (Å²) >= 11 is 0. The van der Waals surface area contributed by atoms with Gasteiger partial charge in [0.25, 0.3) is 0 Å². The molecule has 8 heteroatoms. The highest BCUT2D eigenvalue weighted by molar-refractivity contribution is 5.51. The van der Waals surface area contributed by atoms with Gasteiger partial charge in [0.05, 0.1) is 6.04 Å². The Hall–Kier alpha value is -2.61. The van der Waals surface area contributed by atoms with Gasteiger partial charge in [-0.3, -0.25) is 9.88 Å². The van der Waals surface area contributed by atoms with Crippen molar-refractivity contribution in [3.05, 3.63) is 42.1 Å². The van der Waals surface area contributed by atoms with Crippen LogP contribution in [0.2, 0.25) is 0 Å². The molecule has 0 amide bonds. The Bertz CT molecular complexity index is 823. The monoisotopic (exact) mass is 340 g/mol. The molecule has 0 radical (unpaired) electrons. The molecule has 4 heterocycles. The Morgan fingerprint density at radius 2 is 2.00 bits per heavy atom. The zero-order chi connectivity index (χ0) is 17.2. The van der Waals surface area contributed by atoms with E-state index in [1.54, 1.807) is 12.4 Å². The molecule has 1 atom stereocenters. The number of rotatable bonds is 4. The molecule has 1 saturated heterocycles. The first-order valence-corrected chi connectivity index (χ1v) is 8.49. The molecule has 25 heavy (non-hydrogen) atoms. The first kappa shape index (κ1) is 15.9. The molecule has 4 rings (SSSR count). The molecule has 0 N–H and O–H groups in total. The van der Waals surface area contributed by atoms with Crippen LogP contribution in [-0.4, -0.2) is 43.3 Å². The average Bonchev–Trinajstić information content (AvgIpc) is 3.31. The largest absolute Gasteiger partial charge is 0.340 e. The van der Waals surface area contributed by atoms with E-state index in [0.717, 1.165) is 37.3 Å². The minimum absolute atomic E-state index is 0.0749. The van der Waals surface area contributed by atoms with Crippen molar-refractivity contribution in [2.75, 3.05) is 13.1 Å². The van der Waals surface area contributed by atoms with Gasteiger partial charge in [-0.15, -0.1) is 0 Å². The molecule has 1 aliphatic heterocycles. The topological polar surface area (TPSA) is 94.0 Å².